The Morgan fingerprint density at radius 3 is 2.47 bits per heavy atom. The number of anilines is 1. The maximum atomic E-state index is 12.2. The number of aromatic nitrogens is 3. The van der Waals surface area contributed by atoms with Gasteiger partial charge in [-0.05, 0) is 44.0 Å². The summed E-state index contributed by atoms with van der Waals surface area (Å²) >= 11 is 6.38. The summed E-state index contributed by atoms with van der Waals surface area (Å²) in [5.74, 6) is 0.422. The van der Waals surface area contributed by atoms with Crippen LogP contribution in [0, 0.1) is 0 Å². The van der Waals surface area contributed by atoms with E-state index in [0.29, 0.717) is 20.5 Å². The molecule has 7 nitrogen and oxygen atoms in total. The van der Waals surface area contributed by atoms with Crippen molar-refractivity contribution in [2.24, 2.45) is 0 Å². The van der Waals surface area contributed by atoms with Crippen molar-refractivity contribution in [3.63, 3.8) is 0 Å². The molecular weight excluding hydrogens is 402 g/mol. The van der Waals surface area contributed by atoms with Gasteiger partial charge in [0.2, 0.25) is 10.0 Å². The molecule has 1 heterocycles. The minimum atomic E-state index is -3.70. The van der Waals surface area contributed by atoms with Crippen LogP contribution in [0.3, 0.4) is 0 Å². The summed E-state index contributed by atoms with van der Waals surface area (Å²) in [7, 11) is -3.70. The Kier molecular flexibility index (Phi) is 4.23. The van der Waals surface area contributed by atoms with Crippen LogP contribution in [-0.4, -0.2) is 23.6 Å². The molecule has 1 aromatic carbocycles. The number of H-pyrrole nitrogens is 1. The average molecular weight is 411 g/mol. The van der Waals surface area contributed by atoms with Crippen LogP contribution < -0.4 is 10.5 Å². The number of nitrogens with zero attached hydrogens (tertiary/aromatic N) is 2. The SMILES string of the molecule is Nc1cc(Br)c(S(=O)(=O)NCc2ncn[nH]2)c(Br)c1. The smallest absolute Gasteiger partial charge is 0.243 e. The average Bonchev–Trinajstić information content (AvgIpc) is 2.77. The van der Waals surface area contributed by atoms with Crippen LogP contribution in [0.25, 0.3) is 0 Å². The number of halogens is 2. The Hall–Kier alpha value is -0.970. The fourth-order valence-electron chi connectivity index (χ4n) is 1.39. The van der Waals surface area contributed by atoms with E-state index in [1.54, 1.807) is 0 Å². The van der Waals surface area contributed by atoms with Gasteiger partial charge in [-0.3, -0.25) is 5.10 Å². The second-order valence-electron chi connectivity index (χ2n) is 3.57. The highest BCUT2D eigenvalue weighted by atomic mass is 79.9. The van der Waals surface area contributed by atoms with Crippen LogP contribution in [-0.2, 0) is 16.6 Å². The number of hydrogen-bond donors (Lipinski definition) is 3. The third kappa shape index (κ3) is 3.32. The predicted molar refractivity (Wildman–Crippen MR) is 76.7 cm³/mol. The summed E-state index contributed by atoms with van der Waals surface area (Å²) in [6.07, 6.45) is 1.30. The van der Waals surface area contributed by atoms with Gasteiger partial charge < -0.3 is 5.73 Å². The van der Waals surface area contributed by atoms with Crippen molar-refractivity contribution in [2.75, 3.05) is 5.73 Å². The Morgan fingerprint density at radius 2 is 1.95 bits per heavy atom. The van der Waals surface area contributed by atoms with Gasteiger partial charge in [0.05, 0.1) is 6.54 Å². The maximum absolute atomic E-state index is 12.2. The second-order valence-corrected chi connectivity index (χ2v) is 6.98. The third-order valence-corrected chi connectivity index (χ3v) is 5.46. The van der Waals surface area contributed by atoms with Gasteiger partial charge in [0.1, 0.15) is 17.0 Å². The molecule has 0 saturated heterocycles. The molecule has 1 aromatic heterocycles. The van der Waals surface area contributed by atoms with E-state index in [-0.39, 0.29) is 11.4 Å². The standard InChI is InChI=1S/C9H9Br2N5O2S/c10-6-1-5(12)2-7(11)9(6)19(17,18)15-3-8-13-4-14-16-8/h1-2,4,15H,3,12H2,(H,13,14,16). The molecular formula is C9H9Br2N5O2S. The summed E-state index contributed by atoms with van der Waals surface area (Å²) < 4.78 is 27.6. The highest BCUT2D eigenvalue weighted by Crippen LogP contribution is 2.32. The Bertz CT molecular complexity index is 664. The Morgan fingerprint density at radius 1 is 1.32 bits per heavy atom. The predicted octanol–water partition coefficient (Wildman–Crippen LogP) is 1.39. The zero-order valence-corrected chi connectivity index (χ0v) is 13.4. The van der Waals surface area contributed by atoms with Crippen LogP contribution in [0.1, 0.15) is 5.82 Å². The molecule has 0 unspecified atom stereocenters. The normalized spacial score (nSPS) is 11.7. The number of aromatic amines is 1. The minimum absolute atomic E-state index is 0.0194. The van der Waals surface area contributed by atoms with Crippen molar-refractivity contribution < 1.29 is 8.42 Å². The van der Waals surface area contributed by atoms with Crippen LogP contribution in [0.4, 0.5) is 5.69 Å². The van der Waals surface area contributed by atoms with E-state index in [9.17, 15) is 8.42 Å². The summed E-state index contributed by atoms with van der Waals surface area (Å²) in [6.45, 7) is 0.0194. The van der Waals surface area contributed by atoms with Crippen molar-refractivity contribution in [3.05, 3.63) is 33.2 Å². The number of benzene rings is 1. The number of hydrogen-bond acceptors (Lipinski definition) is 5. The molecule has 0 aliphatic carbocycles. The molecule has 2 rings (SSSR count). The molecule has 10 heteroatoms. The van der Waals surface area contributed by atoms with Crippen molar-refractivity contribution in [3.8, 4) is 0 Å². The zero-order chi connectivity index (χ0) is 14.0. The van der Waals surface area contributed by atoms with E-state index < -0.39 is 10.0 Å². The fourth-order valence-corrected chi connectivity index (χ4v) is 4.99. The van der Waals surface area contributed by atoms with Crippen molar-refractivity contribution in [1.82, 2.24) is 19.9 Å². The lowest BCUT2D eigenvalue weighted by Gasteiger charge is -2.10. The van der Waals surface area contributed by atoms with Crippen molar-refractivity contribution >= 4 is 47.6 Å². The van der Waals surface area contributed by atoms with E-state index in [2.05, 4.69) is 51.8 Å². The quantitative estimate of drug-likeness (QED) is 0.659. The number of rotatable bonds is 4. The van der Waals surface area contributed by atoms with Crippen LogP contribution in [0.15, 0.2) is 32.3 Å². The minimum Gasteiger partial charge on any atom is -0.399 e. The number of sulfonamides is 1. The zero-order valence-electron chi connectivity index (χ0n) is 9.39. The molecule has 0 atom stereocenters. The third-order valence-electron chi connectivity index (χ3n) is 2.18. The lowest BCUT2D eigenvalue weighted by molar-refractivity contribution is 0.578. The van der Waals surface area contributed by atoms with Gasteiger partial charge in [-0.1, -0.05) is 0 Å². The van der Waals surface area contributed by atoms with Gasteiger partial charge in [0.15, 0.2) is 0 Å². The summed E-state index contributed by atoms with van der Waals surface area (Å²) in [6, 6.07) is 3.04. The summed E-state index contributed by atoms with van der Waals surface area (Å²) in [5.41, 5.74) is 6.08. The first-order valence-electron chi connectivity index (χ1n) is 4.98. The molecule has 0 fully saturated rings. The monoisotopic (exact) mass is 409 g/mol. The molecule has 4 N–H and O–H groups in total. The number of nitrogen functional groups attached to an aromatic ring is 1. The molecule has 0 radical (unpaired) electrons. The Balaban J connectivity index is 2.29. The van der Waals surface area contributed by atoms with Crippen molar-refractivity contribution in [2.45, 2.75) is 11.4 Å². The molecule has 2 aromatic rings. The second kappa shape index (κ2) is 5.57. The highest BCUT2D eigenvalue weighted by Gasteiger charge is 2.21. The van der Waals surface area contributed by atoms with E-state index in [4.69, 9.17) is 5.73 Å². The molecule has 19 heavy (non-hydrogen) atoms. The molecule has 0 aliphatic heterocycles. The van der Waals surface area contributed by atoms with Crippen LogP contribution >= 0.6 is 31.9 Å². The van der Waals surface area contributed by atoms with Crippen molar-refractivity contribution in [1.29, 1.82) is 0 Å². The highest BCUT2D eigenvalue weighted by molar-refractivity contribution is 9.11. The van der Waals surface area contributed by atoms with Gasteiger partial charge in [0, 0.05) is 14.6 Å². The molecule has 0 bridgehead atoms. The van der Waals surface area contributed by atoms with Gasteiger partial charge in [0.25, 0.3) is 0 Å². The topological polar surface area (TPSA) is 114 Å². The van der Waals surface area contributed by atoms with Gasteiger partial charge in [-0.15, -0.1) is 0 Å². The lowest BCUT2D eigenvalue weighted by atomic mass is 10.3. The van der Waals surface area contributed by atoms with E-state index in [1.807, 2.05) is 0 Å². The van der Waals surface area contributed by atoms with E-state index in [0.717, 1.165) is 0 Å². The maximum Gasteiger partial charge on any atom is 0.243 e. The fraction of sp³-hybridized carbons (Fsp3) is 0.111. The summed E-state index contributed by atoms with van der Waals surface area (Å²) in [5, 5.41) is 6.20. The summed E-state index contributed by atoms with van der Waals surface area (Å²) in [4.78, 5) is 3.92. The van der Waals surface area contributed by atoms with Crippen LogP contribution in [0.2, 0.25) is 0 Å². The first-order chi connectivity index (χ1) is 8.90. The molecule has 0 aliphatic rings. The van der Waals surface area contributed by atoms with Gasteiger partial charge >= 0.3 is 0 Å². The Labute approximate surface area is 126 Å². The molecule has 0 spiro atoms. The molecule has 0 amide bonds. The van der Waals surface area contributed by atoms with Gasteiger partial charge in [-0.25, -0.2) is 18.1 Å². The van der Waals surface area contributed by atoms with Crippen LogP contribution in [0.5, 0.6) is 0 Å². The van der Waals surface area contributed by atoms with E-state index in [1.165, 1.54) is 18.5 Å². The number of nitrogens with two attached hydrogens (primary N) is 1. The first kappa shape index (κ1) is 14.4. The van der Waals surface area contributed by atoms with E-state index >= 15 is 0 Å². The first-order valence-corrected chi connectivity index (χ1v) is 8.05. The lowest BCUT2D eigenvalue weighted by Crippen LogP contribution is -2.24. The molecule has 0 saturated carbocycles. The largest absolute Gasteiger partial charge is 0.399 e. The van der Waals surface area contributed by atoms with Gasteiger partial charge in [-0.2, -0.15) is 5.10 Å². The molecule has 102 valence electrons. The number of nitrogens with one attached hydrogen (secondary N) is 2.